The molecular formula is C12H23N3O4. The fourth-order valence-electron chi connectivity index (χ4n) is 1.13. The maximum atomic E-state index is 11.3. The first kappa shape index (κ1) is 17.2. The molecule has 0 aromatic rings. The van der Waals surface area contributed by atoms with Gasteiger partial charge in [0.15, 0.2) is 0 Å². The molecule has 0 aliphatic rings. The predicted octanol–water partition coefficient (Wildman–Crippen LogP) is 0.169. The van der Waals surface area contributed by atoms with Gasteiger partial charge >= 0.3 is 12.0 Å². The van der Waals surface area contributed by atoms with Crippen LogP contribution in [0.25, 0.3) is 0 Å². The molecule has 0 heterocycles. The molecule has 3 amide bonds. The van der Waals surface area contributed by atoms with E-state index in [1.807, 2.05) is 13.8 Å². The van der Waals surface area contributed by atoms with Gasteiger partial charge in [0.1, 0.15) is 0 Å². The number of amides is 3. The summed E-state index contributed by atoms with van der Waals surface area (Å²) >= 11 is 0. The average molecular weight is 273 g/mol. The Balaban J connectivity index is 3.64. The van der Waals surface area contributed by atoms with Crippen molar-refractivity contribution in [1.82, 2.24) is 16.0 Å². The van der Waals surface area contributed by atoms with Crippen LogP contribution in [0.4, 0.5) is 4.79 Å². The van der Waals surface area contributed by atoms with Gasteiger partial charge in [-0.1, -0.05) is 20.8 Å². The first-order chi connectivity index (χ1) is 8.82. The summed E-state index contributed by atoms with van der Waals surface area (Å²) in [5.74, 6) is -1.29. The smallest absolute Gasteiger partial charge is 0.315 e. The molecule has 0 saturated heterocycles. The number of nitrogens with one attached hydrogen (secondary N) is 3. The Morgan fingerprint density at radius 3 is 2.21 bits per heavy atom. The second kappa shape index (κ2) is 9.18. The second-order valence-corrected chi connectivity index (χ2v) is 4.84. The van der Waals surface area contributed by atoms with Crippen molar-refractivity contribution in [2.75, 3.05) is 19.6 Å². The fourth-order valence-corrected chi connectivity index (χ4v) is 1.13. The Morgan fingerprint density at radius 1 is 1.05 bits per heavy atom. The maximum absolute atomic E-state index is 11.3. The highest BCUT2D eigenvalue weighted by atomic mass is 16.4. The molecule has 0 bridgehead atoms. The highest BCUT2D eigenvalue weighted by Gasteiger charge is 2.11. The van der Waals surface area contributed by atoms with Crippen molar-refractivity contribution in [2.24, 2.45) is 11.8 Å². The van der Waals surface area contributed by atoms with E-state index >= 15 is 0 Å². The largest absolute Gasteiger partial charge is 0.481 e. The van der Waals surface area contributed by atoms with Crippen molar-refractivity contribution < 1.29 is 19.5 Å². The van der Waals surface area contributed by atoms with Crippen LogP contribution in [0.1, 0.15) is 27.2 Å². The molecule has 0 aromatic heterocycles. The molecule has 1 atom stereocenters. The Bertz CT molecular complexity index is 318. The van der Waals surface area contributed by atoms with E-state index < -0.39 is 17.9 Å². The molecule has 1 unspecified atom stereocenters. The summed E-state index contributed by atoms with van der Waals surface area (Å²) in [6.07, 6.45) is 0.350. The van der Waals surface area contributed by atoms with Crippen molar-refractivity contribution in [3.05, 3.63) is 0 Å². The van der Waals surface area contributed by atoms with E-state index in [-0.39, 0.29) is 19.0 Å². The Kier molecular flexibility index (Phi) is 8.32. The van der Waals surface area contributed by atoms with E-state index in [2.05, 4.69) is 16.0 Å². The lowest BCUT2D eigenvalue weighted by Crippen LogP contribution is -2.43. The van der Waals surface area contributed by atoms with E-state index in [4.69, 9.17) is 5.11 Å². The first-order valence-corrected chi connectivity index (χ1v) is 6.34. The highest BCUT2D eigenvalue weighted by Crippen LogP contribution is 1.99. The van der Waals surface area contributed by atoms with Crippen LogP contribution in [-0.2, 0) is 9.59 Å². The van der Waals surface area contributed by atoms with E-state index in [1.165, 1.54) is 0 Å². The second-order valence-electron chi connectivity index (χ2n) is 4.84. The van der Waals surface area contributed by atoms with E-state index in [9.17, 15) is 14.4 Å². The number of carboxylic acid groups (broad SMARTS) is 1. The quantitative estimate of drug-likeness (QED) is 0.505. The number of carbonyl (C=O) groups is 3. The molecule has 7 heteroatoms. The SMILES string of the molecule is CC(C)CNC(=O)CNC(=O)NCCC(C)C(=O)O. The van der Waals surface area contributed by atoms with Crippen LogP contribution >= 0.6 is 0 Å². The van der Waals surface area contributed by atoms with Crippen molar-refractivity contribution in [2.45, 2.75) is 27.2 Å². The molecule has 4 N–H and O–H groups in total. The summed E-state index contributed by atoms with van der Waals surface area (Å²) in [7, 11) is 0. The minimum atomic E-state index is -0.893. The first-order valence-electron chi connectivity index (χ1n) is 6.34. The summed E-state index contributed by atoms with van der Waals surface area (Å²) in [4.78, 5) is 33.1. The number of urea groups is 1. The van der Waals surface area contributed by atoms with Crippen LogP contribution in [0.2, 0.25) is 0 Å². The standard InChI is InChI=1S/C12H23N3O4/c1-8(2)6-14-10(16)7-15-12(19)13-5-4-9(3)11(17)18/h8-9H,4-7H2,1-3H3,(H,14,16)(H,17,18)(H2,13,15,19). The van der Waals surface area contributed by atoms with Crippen LogP contribution in [0, 0.1) is 11.8 Å². The zero-order chi connectivity index (χ0) is 14.8. The van der Waals surface area contributed by atoms with E-state index in [0.717, 1.165) is 0 Å². The van der Waals surface area contributed by atoms with Crippen LogP contribution in [0.15, 0.2) is 0 Å². The molecule has 0 fully saturated rings. The molecule has 0 radical (unpaired) electrons. The van der Waals surface area contributed by atoms with Gasteiger partial charge in [-0.25, -0.2) is 4.79 Å². The monoisotopic (exact) mass is 273 g/mol. The summed E-state index contributed by atoms with van der Waals surface area (Å²) < 4.78 is 0. The number of rotatable bonds is 8. The van der Waals surface area contributed by atoms with Crippen molar-refractivity contribution in [3.8, 4) is 0 Å². The Labute approximate surface area is 113 Å². The fraction of sp³-hybridized carbons (Fsp3) is 0.750. The van der Waals surface area contributed by atoms with Gasteiger partial charge in [-0.3, -0.25) is 9.59 Å². The number of aliphatic carboxylic acids is 1. The lowest BCUT2D eigenvalue weighted by molar-refractivity contribution is -0.141. The van der Waals surface area contributed by atoms with Crippen LogP contribution in [0.5, 0.6) is 0 Å². The minimum absolute atomic E-state index is 0.0902. The predicted molar refractivity (Wildman–Crippen MR) is 70.7 cm³/mol. The Hall–Kier alpha value is -1.79. The molecule has 0 aromatic carbocycles. The summed E-state index contributed by atoms with van der Waals surface area (Å²) in [6, 6.07) is -0.475. The third-order valence-electron chi connectivity index (χ3n) is 2.40. The van der Waals surface area contributed by atoms with Crippen LogP contribution in [-0.4, -0.2) is 42.6 Å². The molecule has 110 valence electrons. The van der Waals surface area contributed by atoms with Gasteiger partial charge in [0.2, 0.25) is 5.91 Å². The summed E-state index contributed by atoms with van der Waals surface area (Å²) in [6.45, 7) is 6.26. The molecule has 0 aliphatic heterocycles. The van der Waals surface area contributed by atoms with Crippen molar-refractivity contribution in [1.29, 1.82) is 0 Å². The van der Waals surface area contributed by atoms with Gasteiger partial charge in [0, 0.05) is 13.1 Å². The third-order valence-corrected chi connectivity index (χ3v) is 2.40. The van der Waals surface area contributed by atoms with Crippen LogP contribution < -0.4 is 16.0 Å². The lowest BCUT2D eigenvalue weighted by atomic mass is 10.1. The van der Waals surface area contributed by atoms with E-state index in [0.29, 0.717) is 18.9 Å². The number of hydrogen-bond donors (Lipinski definition) is 4. The van der Waals surface area contributed by atoms with Gasteiger partial charge in [0.25, 0.3) is 0 Å². The highest BCUT2D eigenvalue weighted by molar-refractivity contribution is 5.83. The average Bonchev–Trinajstić information content (AvgIpc) is 2.33. The van der Waals surface area contributed by atoms with Crippen molar-refractivity contribution >= 4 is 17.9 Å². The van der Waals surface area contributed by atoms with Crippen molar-refractivity contribution in [3.63, 3.8) is 0 Å². The molecule has 7 nitrogen and oxygen atoms in total. The van der Waals surface area contributed by atoms with Crippen LogP contribution in [0.3, 0.4) is 0 Å². The Morgan fingerprint density at radius 2 is 1.68 bits per heavy atom. The number of hydrogen-bond acceptors (Lipinski definition) is 3. The molecule has 19 heavy (non-hydrogen) atoms. The van der Waals surface area contributed by atoms with E-state index in [1.54, 1.807) is 6.92 Å². The lowest BCUT2D eigenvalue weighted by Gasteiger charge is -2.10. The van der Waals surface area contributed by atoms with Gasteiger partial charge in [-0.05, 0) is 12.3 Å². The molecule has 0 aliphatic carbocycles. The topological polar surface area (TPSA) is 108 Å². The van der Waals surface area contributed by atoms with Gasteiger partial charge in [0.05, 0.1) is 12.5 Å². The number of carbonyl (C=O) groups excluding carboxylic acids is 2. The zero-order valence-electron chi connectivity index (χ0n) is 11.7. The van der Waals surface area contributed by atoms with Gasteiger partial charge in [-0.2, -0.15) is 0 Å². The van der Waals surface area contributed by atoms with Gasteiger partial charge < -0.3 is 21.1 Å². The molecule has 0 rings (SSSR count). The molecule has 0 spiro atoms. The molecule has 0 saturated carbocycles. The normalized spacial score (nSPS) is 11.8. The van der Waals surface area contributed by atoms with Gasteiger partial charge in [-0.15, -0.1) is 0 Å². The number of carboxylic acids is 1. The maximum Gasteiger partial charge on any atom is 0.315 e. The molecular weight excluding hydrogens is 250 g/mol. The third kappa shape index (κ3) is 9.87. The summed E-state index contributed by atoms with van der Waals surface area (Å²) in [5.41, 5.74) is 0. The zero-order valence-corrected chi connectivity index (χ0v) is 11.7. The summed E-state index contributed by atoms with van der Waals surface area (Å²) in [5, 5.41) is 16.2. The minimum Gasteiger partial charge on any atom is -0.481 e.